The van der Waals surface area contributed by atoms with Crippen LogP contribution in [0.1, 0.15) is 17.3 Å². The fourth-order valence-electron chi connectivity index (χ4n) is 2.78. The molecule has 6 heteroatoms. The van der Waals surface area contributed by atoms with Crippen LogP contribution in [0, 0.1) is 0 Å². The first-order valence-corrected chi connectivity index (χ1v) is 8.54. The summed E-state index contributed by atoms with van der Waals surface area (Å²) in [6, 6.07) is 10.8. The molecule has 0 aliphatic carbocycles. The monoisotopic (exact) mass is 344 g/mol. The number of rotatable bonds is 4. The number of amides is 1. The Balaban J connectivity index is 1.63. The van der Waals surface area contributed by atoms with E-state index in [1.54, 1.807) is 30.5 Å². The van der Waals surface area contributed by atoms with Crippen molar-refractivity contribution >= 4 is 29.0 Å². The van der Waals surface area contributed by atoms with Crippen LogP contribution in [-0.4, -0.2) is 48.5 Å². The molecule has 0 spiro atoms. The lowest BCUT2D eigenvalue weighted by atomic mass is 10.2. The number of carbonyl (C=O) groups is 1. The second kappa shape index (κ2) is 7.64. The average molecular weight is 345 g/mol. The van der Waals surface area contributed by atoms with Gasteiger partial charge in [0.15, 0.2) is 0 Å². The number of likely N-dealkylation sites (N-methyl/N-ethyl adjacent to an activating group) is 1. The van der Waals surface area contributed by atoms with Crippen LogP contribution >= 0.6 is 11.6 Å². The van der Waals surface area contributed by atoms with Gasteiger partial charge in [-0.25, -0.2) is 4.98 Å². The molecular weight excluding hydrogens is 324 g/mol. The molecule has 1 N–H and O–H groups in total. The molecule has 0 bridgehead atoms. The van der Waals surface area contributed by atoms with Gasteiger partial charge in [0.25, 0.3) is 5.91 Å². The summed E-state index contributed by atoms with van der Waals surface area (Å²) in [5, 5.41) is 3.27. The zero-order valence-corrected chi connectivity index (χ0v) is 14.5. The van der Waals surface area contributed by atoms with Gasteiger partial charge in [0.2, 0.25) is 0 Å². The van der Waals surface area contributed by atoms with Gasteiger partial charge in [-0.15, -0.1) is 0 Å². The van der Waals surface area contributed by atoms with E-state index in [1.165, 1.54) is 0 Å². The van der Waals surface area contributed by atoms with Crippen molar-refractivity contribution in [2.75, 3.05) is 42.9 Å². The lowest BCUT2D eigenvalue weighted by Gasteiger charge is -2.34. The van der Waals surface area contributed by atoms with E-state index in [0.717, 1.165) is 38.5 Å². The molecule has 2 heterocycles. The maximum atomic E-state index is 12.3. The molecule has 0 radical (unpaired) electrons. The van der Waals surface area contributed by atoms with Crippen LogP contribution in [0.3, 0.4) is 0 Å². The molecule has 1 aromatic carbocycles. The second-order valence-corrected chi connectivity index (χ2v) is 6.17. The maximum Gasteiger partial charge on any atom is 0.257 e. The number of benzene rings is 1. The Hall–Kier alpha value is -2.11. The van der Waals surface area contributed by atoms with E-state index in [9.17, 15) is 4.79 Å². The first-order valence-electron chi connectivity index (χ1n) is 8.16. The number of pyridine rings is 1. The molecule has 1 amide bonds. The van der Waals surface area contributed by atoms with Gasteiger partial charge in [-0.2, -0.15) is 0 Å². The highest BCUT2D eigenvalue weighted by atomic mass is 35.5. The number of nitrogens with one attached hydrogen (secondary N) is 1. The Bertz CT molecular complexity index is 696. The van der Waals surface area contributed by atoms with Crippen LogP contribution in [0.4, 0.5) is 11.5 Å². The summed E-state index contributed by atoms with van der Waals surface area (Å²) in [6.45, 7) is 7.35. The molecule has 126 valence electrons. The number of piperazine rings is 1. The predicted molar refractivity (Wildman–Crippen MR) is 98.0 cm³/mol. The molecule has 5 nitrogen and oxygen atoms in total. The van der Waals surface area contributed by atoms with Gasteiger partial charge in [0, 0.05) is 26.2 Å². The number of aromatic nitrogens is 1. The zero-order chi connectivity index (χ0) is 16.9. The van der Waals surface area contributed by atoms with Gasteiger partial charge in [0.1, 0.15) is 5.82 Å². The van der Waals surface area contributed by atoms with E-state index in [-0.39, 0.29) is 5.91 Å². The number of nitrogens with zero attached hydrogens (tertiary/aromatic N) is 3. The highest BCUT2D eigenvalue weighted by Gasteiger charge is 2.17. The summed E-state index contributed by atoms with van der Waals surface area (Å²) in [5.74, 6) is 0.716. The quantitative estimate of drug-likeness (QED) is 0.925. The SMILES string of the molecule is CCN1CCN(c2ccc(NC(=O)c3ccccc3Cl)cn2)CC1. The number of halogens is 1. The van der Waals surface area contributed by atoms with Gasteiger partial charge in [-0.1, -0.05) is 30.7 Å². The highest BCUT2D eigenvalue weighted by Crippen LogP contribution is 2.19. The maximum absolute atomic E-state index is 12.3. The first kappa shape index (κ1) is 16.7. The first-order chi connectivity index (χ1) is 11.7. The van der Waals surface area contributed by atoms with Gasteiger partial charge >= 0.3 is 0 Å². The molecule has 0 unspecified atom stereocenters. The van der Waals surface area contributed by atoms with Crippen molar-refractivity contribution in [1.29, 1.82) is 0 Å². The predicted octanol–water partition coefficient (Wildman–Crippen LogP) is 3.13. The zero-order valence-electron chi connectivity index (χ0n) is 13.7. The third kappa shape index (κ3) is 3.86. The number of hydrogen-bond donors (Lipinski definition) is 1. The van der Waals surface area contributed by atoms with Crippen LogP contribution in [0.2, 0.25) is 5.02 Å². The largest absolute Gasteiger partial charge is 0.354 e. The fraction of sp³-hybridized carbons (Fsp3) is 0.333. The van der Waals surface area contributed by atoms with Gasteiger partial charge in [0.05, 0.1) is 22.5 Å². The number of hydrogen-bond acceptors (Lipinski definition) is 4. The summed E-state index contributed by atoms with van der Waals surface area (Å²) in [7, 11) is 0. The van der Waals surface area contributed by atoms with Crippen molar-refractivity contribution in [3.8, 4) is 0 Å². The van der Waals surface area contributed by atoms with Gasteiger partial charge in [-0.3, -0.25) is 4.79 Å². The van der Waals surface area contributed by atoms with Crippen molar-refractivity contribution in [2.24, 2.45) is 0 Å². The summed E-state index contributed by atoms with van der Waals surface area (Å²) in [6.07, 6.45) is 1.69. The molecule has 24 heavy (non-hydrogen) atoms. The average Bonchev–Trinajstić information content (AvgIpc) is 2.63. The minimum absolute atomic E-state index is 0.230. The molecule has 1 aliphatic rings. The van der Waals surface area contributed by atoms with Gasteiger partial charge in [-0.05, 0) is 30.8 Å². The molecular formula is C18H21ClN4O. The minimum atomic E-state index is -0.230. The standard InChI is InChI=1S/C18H21ClN4O/c1-2-22-9-11-23(12-10-22)17-8-7-14(13-20-17)21-18(24)15-5-3-4-6-16(15)19/h3-8,13H,2,9-12H2,1H3,(H,21,24). The smallest absolute Gasteiger partial charge is 0.257 e. The molecule has 1 fully saturated rings. The summed E-state index contributed by atoms with van der Waals surface area (Å²) < 4.78 is 0. The molecule has 0 atom stereocenters. The number of carbonyl (C=O) groups excluding carboxylic acids is 1. The van der Waals surface area contributed by atoms with E-state index >= 15 is 0 Å². The Morgan fingerprint density at radius 3 is 2.54 bits per heavy atom. The van der Waals surface area contributed by atoms with E-state index in [4.69, 9.17) is 11.6 Å². The van der Waals surface area contributed by atoms with Crippen LogP contribution in [0.5, 0.6) is 0 Å². The molecule has 1 saturated heterocycles. The summed E-state index contributed by atoms with van der Waals surface area (Å²) in [4.78, 5) is 21.4. The number of anilines is 2. The van der Waals surface area contributed by atoms with Crippen LogP contribution < -0.4 is 10.2 Å². The molecule has 0 saturated carbocycles. The lowest BCUT2D eigenvalue weighted by molar-refractivity contribution is 0.102. The minimum Gasteiger partial charge on any atom is -0.354 e. The van der Waals surface area contributed by atoms with E-state index < -0.39 is 0 Å². The van der Waals surface area contributed by atoms with Gasteiger partial charge < -0.3 is 15.1 Å². The van der Waals surface area contributed by atoms with E-state index in [2.05, 4.69) is 27.0 Å². The third-order valence-corrected chi connectivity index (χ3v) is 4.60. The van der Waals surface area contributed by atoms with Crippen molar-refractivity contribution in [3.05, 3.63) is 53.2 Å². The van der Waals surface area contributed by atoms with Crippen molar-refractivity contribution in [3.63, 3.8) is 0 Å². The van der Waals surface area contributed by atoms with E-state index in [0.29, 0.717) is 16.3 Å². The molecule has 1 aromatic heterocycles. The Morgan fingerprint density at radius 1 is 1.17 bits per heavy atom. The second-order valence-electron chi connectivity index (χ2n) is 5.76. The Morgan fingerprint density at radius 2 is 1.92 bits per heavy atom. The lowest BCUT2D eigenvalue weighted by Crippen LogP contribution is -2.46. The van der Waals surface area contributed by atoms with Crippen LogP contribution in [0.25, 0.3) is 0 Å². The Kier molecular flexibility index (Phi) is 5.33. The summed E-state index contributed by atoms with van der Waals surface area (Å²) in [5.41, 5.74) is 1.12. The fourth-order valence-corrected chi connectivity index (χ4v) is 3.01. The molecule has 2 aromatic rings. The van der Waals surface area contributed by atoms with E-state index in [1.807, 2.05) is 12.1 Å². The topological polar surface area (TPSA) is 48.5 Å². The normalized spacial score (nSPS) is 15.3. The van der Waals surface area contributed by atoms with Crippen molar-refractivity contribution in [2.45, 2.75) is 6.92 Å². The highest BCUT2D eigenvalue weighted by molar-refractivity contribution is 6.34. The third-order valence-electron chi connectivity index (χ3n) is 4.27. The Labute approximate surface area is 147 Å². The van der Waals surface area contributed by atoms with Crippen molar-refractivity contribution in [1.82, 2.24) is 9.88 Å². The molecule has 3 rings (SSSR count). The van der Waals surface area contributed by atoms with Crippen LogP contribution in [-0.2, 0) is 0 Å². The van der Waals surface area contributed by atoms with Crippen molar-refractivity contribution < 1.29 is 4.79 Å². The molecule has 1 aliphatic heterocycles. The van der Waals surface area contributed by atoms with Crippen LogP contribution in [0.15, 0.2) is 42.6 Å². The summed E-state index contributed by atoms with van der Waals surface area (Å²) >= 11 is 6.05.